The third kappa shape index (κ3) is 4.48. The summed E-state index contributed by atoms with van der Waals surface area (Å²) < 4.78 is 0. The molecule has 0 fully saturated rings. The summed E-state index contributed by atoms with van der Waals surface area (Å²) in [6.07, 6.45) is 2.86. The summed E-state index contributed by atoms with van der Waals surface area (Å²) in [4.78, 5) is 21.1. The summed E-state index contributed by atoms with van der Waals surface area (Å²) in [5, 5.41) is 12.0. The van der Waals surface area contributed by atoms with Gasteiger partial charge in [0.2, 0.25) is 0 Å². The lowest BCUT2D eigenvalue weighted by molar-refractivity contribution is 0.0691. The fourth-order valence-corrected chi connectivity index (χ4v) is 2.04. The number of aromatic carboxylic acids is 1. The Balaban J connectivity index is 2.60. The quantitative estimate of drug-likeness (QED) is 0.782. The first-order chi connectivity index (χ1) is 8.93. The largest absolute Gasteiger partial charge is 0.476 e. The highest BCUT2D eigenvalue weighted by atomic mass is 16.4. The molecule has 6 heteroatoms. The van der Waals surface area contributed by atoms with E-state index < -0.39 is 5.97 Å². The summed E-state index contributed by atoms with van der Waals surface area (Å²) in [7, 11) is 0. The highest BCUT2D eigenvalue weighted by Crippen LogP contribution is 2.09. The fraction of sp³-hybridized carbons (Fsp3) is 0.615. The van der Waals surface area contributed by atoms with Gasteiger partial charge >= 0.3 is 5.97 Å². The minimum atomic E-state index is -1.07. The second-order valence-electron chi connectivity index (χ2n) is 4.91. The Morgan fingerprint density at radius 3 is 2.37 bits per heavy atom. The summed E-state index contributed by atoms with van der Waals surface area (Å²) in [6.45, 7) is 10.0. The van der Waals surface area contributed by atoms with E-state index in [4.69, 9.17) is 5.11 Å². The van der Waals surface area contributed by atoms with Crippen LogP contribution in [0.5, 0.6) is 0 Å². The van der Waals surface area contributed by atoms with Gasteiger partial charge in [-0.2, -0.15) is 0 Å². The van der Waals surface area contributed by atoms with Gasteiger partial charge in [0.05, 0.1) is 0 Å². The van der Waals surface area contributed by atoms with Crippen molar-refractivity contribution in [3.05, 3.63) is 18.1 Å². The Bertz CT molecular complexity index is 413. The molecule has 106 valence electrons. The average Bonchev–Trinajstić information content (AvgIpc) is 2.33. The lowest BCUT2D eigenvalue weighted by atomic mass is 10.2. The van der Waals surface area contributed by atoms with E-state index in [2.05, 4.69) is 47.9 Å². The molecule has 6 nitrogen and oxygen atoms in total. The Morgan fingerprint density at radius 2 is 1.84 bits per heavy atom. The zero-order chi connectivity index (χ0) is 14.4. The summed E-state index contributed by atoms with van der Waals surface area (Å²) in [5.74, 6) is -0.748. The van der Waals surface area contributed by atoms with Crippen molar-refractivity contribution in [2.75, 3.05) is 18.4 Å². The van der Waals surface area contributed by atoms with Crippen LogP contribution in [0.4, 0.5) is 5.82 Å². The molecule has 1 heterocycles. The third-order valence-electron chi connectivity index (χ3n) is 2.89. The van der Waals surface area contributed by atoms with E-state index in [9.17, 15) is 4.79 Å². The lowest BCUT2D eigenvalue weighted by Crippen LogP contribution is -2.40. The maximum atomic E-state index is 11.0. The fourth-order valence-electron chi connectivity index (χ4n) is 2.04. The van der Waals surface area contributed by atoms with Crippen molar-refractivity contribution in [1.82, 2.24) is 14.9 Å². The van der Waals surface area contributed by atoms with Crippen molar-refractivity contribution in [2.24, 2.45) is 0 Å². The monoisotopic (exact) mass is 266 g/mol. The molecule has 19 heavy (non-hydrogen) atoms. The standard InChI is InChI=1S/C13H22N4O2/c1-9(2)17(10(3)4)8-7-16-12-11(13(18)19)14-5-6-15-12/h5-6,9-10H,7-8H2,1-4H3,(H,15,16)(H,18,19). The number of aromatic nitrogens is 2. The molecule has 0 spiro atoms. The minimum Gasteiger partial charge on any atom is -0.476 e. The van der Waals surface area contributed by atoms with Crippen LogP contribution in [-0.2, 0) is 0 Å². The predicted octanol–water partition coefficient (Wildman–Crippen LogP) is 1.71. The molecule has 0 aliphatic carbocycles. The van der Waals surface area contributed by atoms with Gasteiger partial charge in [-0.15, -0.1) is 0 Å². The first-order valence-corrected chi connectivity index (χ1v) is 6.47. The van der Waals surface area contributed by atoms with Crippen molar-refractivity contribution < 1.29 is 9.90 Å². The average molecular weight is 266 g/mol. The van der Waals surface area contributed by atoms with Gasteiger partial charge in [0.1, 0.15) is 0 Å². The van der Waals surface area contributed by atoms with Crippen LogP contribution in [0.25, 0.3) is 0 Å². The molecule has 0 saturated carbocycles. The summed E-state index contributed by atoms with van der Waals surface area (Å²) in [6, 6.07) is 0.894. The van der Waals surface area contributed by atoms with Gasteiger partial charge in [-0.3, -0.25) is 4.90 Å². The smallest absolute Gasteiger partial charge is 0.358 e. The van der Waals surface area contributed by atoms with Crippen LogP contribution in [0.3, 0.4) is 0 Å². The number of hydrogen-bond donors (Lipinski definition) is 2. The highest BCUT2D eigenvalue weighted by Gasteiger charge is 2.15. The molecule has 0 radical (unpaired) electrons. The first-order valence-electron chi connectivity index (χ1n) is 6.47. The maximum Gasteiger partial charge on any atom is 0.358 e. The molecule has 1 aromatic heterocycles. The van der Waals surface area contributed by atoms with E-state index in [1.807, 2.05) is 0 Å². The molecular weight excluding hydrogens is 244 g/mol. The number of anilines is 1. The highest BCUT2D eigenvalue weighted by molar-refractivity contribution is 5.90. The molecule has 0 atom stereocenters. The van der Waals surface area contributed by atoms with Crippen molar-refractivity contribution in [2.45, 2.75) is 39.8 Å². The number of carbonyl (C=O) groups is 1. The van der Waals surface area contributed by atoms with Gasteiger partial charge in [-0.25, -0.2) is 14.8 Å². The van der Waals surface area contributed by atoms with Gasteiger partial charge < -0.3 is 10.4 Å². The summed E-state index contributed by atoms with van der Waals surface area (Å²) >= 11 is 0. The van der Waals surface area contributed by atoms with Gasteiger partial charge in [-0.1, -0.05) is 0 Å². The van der Waals surface area contributed by atoms with E-state index in [0.29, 0.717) is 24.4 Å². The number of rotatable bonds is 7. The molecule has 0 aliphatic heterocycles. The number of carboxylic acids is 1. The van der Waals surface area contributed by atoms with Crippen LogP contribution >= 0.6 is 0 Å². The predicted molar refractivity (Wildman–Crippen MR) is 74.5 cm³/mol. The zero-order valence-corrected chi connectivity index (χ0v) is 11.9. The normalized spacial score (nSPS) is 11.3. The molecule has 2 N–H and O–H groups in total. The molecule has 0 aromatic carbocycles. The molecule has 0 bridgehead atoms. The summed E-state index contributed by atoms with van der Waals surface area (Å²) in [5.41, 5.74) is -0.0388. The Kier molecular flexibility index (Phi) is 5.69. The Labute approximate surface area is 113 Å². The van der Waals surface area contributed by atoms with Crippen molar-refractivity contribution in [1.29, 1.82) is 0 Å². The number of hydrogen-bond acceptors (Lipinski definition) is 5. The number of carboxylic acid groups (broad SMARTS) is 1. The maximum absolute atomic E-state index is 11.0. The van der Waals surface area contributed by atoms with Gasteiger partial charge in [0.15, 0.2) is 11.5 Å². The second-order valence-corrected chi connectivity index (χ2v) is 4.91. The first kappa shape index (κ1) is 15.4. The molecule has 0 amide bonds. The van der Waals surface area contributed by atoms with Crippen molar-refractivity contribution >= 4 is 11.8 Å². The Morgan fingerprint density at radius 1 is 1.26 bits per heavy atom. The van der Waals surface area contributed by atoms with Crippen LogP contribution in [0, 0.1) is 0 Å². The molecular formula is C13H22N4O2. The third-order valence-corrected chi connectivity index (χ3v) is 2.89. The molecule has 0 saturated heterocycles. The van der Waals surface area contributed by atoms with Gasteiger partial charge in [0, 0.05) is 37.6 Å². The van der Waals surface area contributed by atoms with Crippen molar-refractivity contribution in [3.63, 3.8) is 0 Å². The zero-order valence-electron chi connectivity index (χ0n) is 11.9. The SMILES string of the molecule is CC(C)N(CCNc1nccnc1C(=O)O)C(C)C. The second kappa shape index (κ2) is 7.04. The van der Waals surface area contributed by atoms with E-state index in [1.165, 1.54) is 12.4 Å². The van der Waals surface area contributed by atoms with E-state index in [-0.39, 0.29) is 5.69 Å². The van der Waals surface area contributed by atoms with Gasteiger partial charge in [0.25, 0.3) is 0 Å². The number of nitrogens with one attached hydrogen (secondary N) is 1. The lowest BCUT2D eigenvalue weighted by Gasteiger charge is -2.30. The van der Waals surface area contributed by atoms with Crippen LogP contribution in [-0.4, -0.2) is 51.1 Å². The van der Waals surface area contributed by atoms with Crippen LogP contribution in [0.15, 0.2) is 12.4 Å². The van der Waals surface area contributed by atoms with Gasteiger partial charge in [-0.05, 0) is 27.7 Å². The van der Waals surface area contributed by atoms with Crippen LogP contribution < -0.4 is 5.32 Å². The molecule has 1 rings (SSSR count). The molecule has 1 aromatic rings. The number of nitrogens with zero attached hydrogens (tertiary/aromatic N) is 3. The van der Waals surface area contributed by atoms with Crippen molar-refractivity contribution in [3.8, 4) is 0 Å². The van der Waals surface area contributed by atoms with E-state index in [0.717, 1.165) is 6.54 Å². The van der Waals surface area contributed by atoms with Crippen LogP contribution in [0.2, 0.25) is 0 Å². The topological polar surface area (TPSA) is 78.3 Å². The van der Waals surface area contributed by atoms with Crippen LogP contribution in [0.1, 0.15) is 38.2 Å². The Hall–Kier alpha value is -1.69. The van der Waals surface area contributed by atoms with E-state index in [1.54, 1.807) is 0 Å². The van der Waals surface area contributed by atoms with E-state index >= 15 is 0 Å². The minimum absolute atomic E-state index is 0.0388. The molecule has 0 aliphatic rings. The molecule has 0 unspecified atom stereocenters.